The number of nitrogens with zero attached hydrogens (tertiary/aromatic N) is 2. The van der Waals surface area contributed by atoms with Crippen LogP contribution in [0.3, 0.4) is 0 Å². The highest BCUT2D eigenvalue weighted by Gasteiger charge is 2.45. The molecule has 1 saturated heterocycles. The van der Waals surface area contributed by atoms with Gasteiger partial charge in [-0.15, -0.1) is 0 Å². The third kappa shape index (κ3) is 5.88. The lowest BCUT2D eigenvalue weighted by Crippen LogP contribution is -2.59. The summed E-state index contributed by atoms with van der Waals surface area (Å²) in [4.78, 5) is 41.4. The number of likely N-dealkylation sites (tertiary alicyclic amines) is 1. The lowest BCUT2D eigenvalue weighted by atomic mass is 9.94. The summed E-state index contributed by atoms with van der Waals surface area (Å²) < 4.78 is 20.9. The quantitative estimate of drug-likeness (QED) is 0.681. The molecule has 10 heteroatoms. The van der Waals surface area contributed by atoms with Crippen molar-refractivity contribution >= 4 is 33.8 Å². The normalized spacial score (nSPS) is 20.0. The maximum atomic E-state index is 15.1. The van der Waals surface area contributed by atoms with Crippen molar-refractivity contribution in [3.05, 3.63) is 28.5 Å². The number of piperidine rings is 1. The maximum Gasteiger partial charge on any atom is 0.410 e. The van der Waals surface area contributed by atoms with Crippen LogP contribution in [0, 0.1) is 0 Å². The van der Waals surface area contributed by atoms with Crippen LogP contribution in [-0.4, -0.2) is 52.2 Å². The fourth-order valence-corrected chi connectivity index (χ4v) is 2.83. The van der Waals surface area contributed by atoms with E-state index in [4.69, 9.17) is 4.74 Å². The number of aromatic nitrogens is 1. The maximum absolute atomic E-state index is 15.1. The summed E-state index contributed by atoms with van der Waals surface area (Å²) in [5, 5.41) is 0. The van der Waals surface area contributed by atoms with Crippen molar-refractivity contribution < 1.29 is 23.5 Å². The smallest absolute Gasteiger partial charge is 0.410 e. The van der Waals surface area contributed by atoms with Crippen LogP contribution >= 0.6 is 15.9 Å². The van der Waals surface area contributed by atoms with Crippen LogP contribution in [0.4, 0.5) is 9.18 Å². The van der Waals surface area contributed by atoms with Gasteiger partial charge in [0.05, 0.1) is 6.54 Å². The van der Waals surface area contributed by atoms with Gasteiger partial charge in [0.1, 0.15) is 11.3 Å². The number of hydrazine groups is 1. The van der Waals surface area contributed by atoms with E-state index in [1.807, 2.05) is 0 Å². The Bertz CT molecular complexity index is 740. The highest BCUT2D eigenvalue weighted by Crippen LogP contribution is 2.26. The Kier molecular flexibility index (Phi) is 6.40. The van der Waals surface area contributed by atoms with Crippen molar-refractivity contribution in [1.29, 1.82) is 0 Å². The molecule has 0 aromatic carbocycles. The molecule has 2 heterocycles. The van der Waals surface area contributed by atoms with Crippen LogP contribution in [-0.2, 0) is 9.53 Å². The van der Waals surface area contributed by atoms with Crippen molar-refractivity contribution in [2.45, 2.75) is 44.9 Å². The van der Waals surface area contributed by atoms with Gasteiger partial charge in [-0.2, -0.15) is 0 Å². The first-order chi connectivity index (χ1) is 12.5. The van der Waals surface area contributed by atoms with Gasteiger partial charge in [-0.3, -0.25) is 25.4 Å². The van der Waals surface area contributed by atoms with Gasteiger partial charge in [0.25, 0.3) is 11.8 Å². The molecule has 2 N–H and O–H groups in total. The Hall–Kier alpha value is -2.23. The predicted molar refractivity (Wildman–Crippen MR) is 98.4 cm³/mol. The summed E-state index contributed by atoms with van der Waals surface area (Å²) in [5.41, 5.74) is 1.21. The third-order valence-corrected chi connectivity index (χ3v) is 4.24. The predicted octanol–water partition coefficient (Wildman–Crippen LogP) is 2.34. The molecule has 8 nitrogen and oxygen atoms in total. The second kappa shape index (κ2) is 8.20. The van der Waals surface area contributed by atoms with Crippen LogP contribution in [0.25, 0.3) is 0 Å². The highest BCUT2D eigenvalue weighted by atomic mass is 79.9. The van der Waals surface area contributed by atoms with Gasteiger partial charge < -0.3 is 9.64 Å². The van der Waals surface area contributed by atoms with Gasteiger partial charge >= 0.3 is 6.09 Å². The molecule has 0 radical (unpaired) electrons. The number of carbonyl (C=O) groups is 3. The number of pyridine rings is 1. The van der Waals surface area contributed by atoms with Gasteiger partial charge in [-0.05, 0) is 45.7 Å². The summed E-state index contributed by atoms with van der Waals surface area (Å²) in [5.74, 6) is -1.72. The molecule has 0 spiro atoms. The molecule has 0 aliphatic carbocycles. The van der Waals surface area contributed by atoms with Crippen LogP contribution in [0.1, 0.15) is 44.1 Å². The average Bonchev–Trinajstić information content (AvgIpc) is 2.58. The summed E-state index contributed by atoms with van der Waals surface area (Å²) in [6.45, 7) is 4.96. The Labute approximate surface area is 164 Å². The minimum atomic E-state index is -2.33. The highest BCUT2D eigenvalue weighted by molar-refractivity contribution is 9.10. The molecular formula is C17H22BrFN4O4. The first kappa shape index (κ1) is 21.1. The van der Waals surface area contributed by atoms with Crippen molar-refractivity contribution in [3.8, 4) is 0 Å². The Balaban J connectivity index is 1.96. The zero-order chi connectivity index (χ0) is 20.2. The average molecular weight is 445 g/mol. The molecule has 1 aliphatic heterocycles. The number of nitrogens with one attached hydrogen (secondary N) is 2. The number of hydrogen-bond acceptors (Lipinski definition) is 5. The molecule has 2 rings (SSSR count). The lowest BCUT2D eigenvalue weighted by Gasteiger charge is -2.36. The molecule has 1 aromatic heterocycles. The van der Waals surface area contributed by atoms with Gasteiger partial charge in [0.2, 0.25) is 5.67 Å². The summed E-state index contributed by atoms with van der Waals surface area (Å²) in [7, 11) is 0. The molecule has 1 fully saturated rings. The largest absolute Gasteiger partial charge is 0.444 e. The minimum Gasteiger partial charge on any atom is -0.444 e. The molecule has 27 heavy (non-hydrogen) atoms. The Morgan fingerprint density at radius 2 is 2.04 bits per heavy atom. The van der Waals surface area contributed by atoms with Gasteiger partial charge in [-0.1, -0.05) is 15.9 Å². The van der Waals surface area contributed by atoms with E-state index >= 15 is 4.39 Å². The Morgan fingerprint density at radius 1 is 1.33 bits per heavy atom. The number of hydrogen-bond donors (Lipinski definition) is 2. The van der Waals surface area contributed by atoms with Gasteiger partial charge in [-0.25, -0.2) is 9.18 Å². The number of rotatable bonds is 2. The van der Waals surface area contributed by atoms with Crippen LogP contribution in [0.5, 0.6) is 0 Å². The van der Waals surface area contributed by atoms with Crippen molar-refractivity contribution in [3.63, 3.8) is 0 Å². The van der Waals surface area contributed by atoms with Crippen molar-refractivity contribution in [2.24, 2.45) is 0 Å². The van der Waals surface area contributed by atoms with E-state index in [1.54, 1.807) is 26.8 Å². The molecule has 148 valence electrons. The fourth-order valence-electron chi connectivity index (χ4n) is 2.50. The van der Waals surface area contributed by atoms with Crippen molar-refractivity contribution in [1.82, 2.24) is 20.7 Å². The van der Waals surface area contributed by atoms with Gasteiger partial charge in [0.15, 0.2) is 0 Å². The molecule has 1 atom stereocenters. The van der Waals surface area contributed by atoms with E-state index in [0.29, 0.717) is 17.4 Å². The fraction of sp³-hybridized carbons (Fsp3) is 0.529. The molecule has 0 bridgehead atoms. The SMILES string of the molecule is CC(C)(C)OC(=O)N1CCC[C@](F)(C(=O)NNC(=O)c2cc(Br)ccn2)C1. The number of carbonyl (C=O) groups excluding carboxylic acids is 3. The first-order valence-electron chi connectivity index (χ1n) is 8.39. The number of alkyl halides is 1. The molecule has 1 aliphatic rings. The summed E-state index contributed by atoms with van der Waals surface area (Å²) in [6, 6.07) is 3.09. The van der Waals surface area contributed by atoms with E-state index < -0.39 is 35.7 Å². The van der Waals surface area contributed by atoms with E-state index in [0.717, 1.165) is 4.90 Å². The number of halogens is 2. The zero-order valence-corrected chi connectivity index (χ0v) is 16.9. The third-order valence-electron chi connectivity index (χ3n) is 3.75. The minimum absolute atomic E-state index is 0.0524. The van der Waals surface area contributed by atoms with Crippen LogP contribution < -0.4 is 10.9 Å². The van der Waals surface area contributed by atoms with Gasteiger partial charge in [0, 0.05) is 17.2 Å². The second-order valence-corrected chi connectivity index (χ2v) is 8.15. The molecular weight excluding hydrogens is 423 g/mol. The number of ether oxygens (including phenoxy) is 1. The summed E-state index contributed by atoms with van der Waals surface area (Å²) in [6.07, 6.45) is 0.962. The van der Waals surface area contributed by atoms with E-state index in [-0.39, 0.29) is 12.1 Å². The molecule has 3 amide bonds. The molecule has 0 saturated carbocycles. The van der Waals surface area contributed by atoms with Crippen molar-refractivity contribution in [2.75, 3.05) is 13.1 Å². The number of amides is 3. The standard InChI is InChI=1S/C17H22BrFN4O4/c1-16(2,3)27-15(26)23-8-4-6-17(19,10-23)14(25)22-21-13(24)12-9-11(18)5-7-20-12/h5,7,9H,4,6,8,10H2,1-3H3,(H,21,24)(H,22,25)/t17-/m1/s1. The Morgan fingerprint density at radius 3 is 2.67 bits per heavy atom. The zero-order valence-electron chi connectivity index (χ0n) is 15.3. The molecule has 1 aromatic rings. The van der Waals surface area contributed by atoms with Crippen LogP contribution in [0.15, 0.2) is 22.8 Å². The lowest BCUT2D eigenvalue weighted by molar-refractivity contribution is -0.137. The van der Waals surface area contributed by atoms with E-state index in [9.17, 15) is 14.4 Å². The second-order valence-electron chi connectivity index (χ2n) is 7.24. The summed E-state index contributed by atoms with van der Waals surface area (Å²) >= 11 is 3.21. The van der Waals surface area contributed by atoms with Crippen LogP contribution in [0.2, 0.25) is 0 Å². The van der Waals surface area contributed by atoms with E-state index in [1.165, 1.54) is 12.3 Å². The molecule has 0 unspecified atom stereocenters. The van der Waals surface area contributed by atoms with E-state index in [2.05, 4.69) is 31.8 Å². The topological polar surface area (TPSA) is 101 Å². The first-order valence-corrected chi connectivity index (χ1v) is 9.19. The monoisotopic (exact) mass is 444 g/mol.